The summed E-state index contributed by atoms with van der Waals surface area (Å²) in [5, 5.41) is 9.47. The fourth-order valence-corrected chi connectivity index (χ4v) is 1.59. The van der Waals surface area contributed by atoms with Gasteiger partial charge in [0.2, 0.25) is 0 Å². The van der Waals surface area contributed by atoms with Gasteiger partial charge in [0.15, 0.2) is 5.78 Å². The highest BCUT2D eigenvalue weighted by molar-refractivity contribution is 5.83. The van der Waals surface area contributed by atoms with Crippen LogP contribution in [0.5, 0.6) is 0 Å². The molecule has 1 aromatic carbocycles. The van der Waals surface area contributed by atoms with Gasteiger partial charge < -0.3 is 14.6 Å². The van der Waals surface area contributed by atoms with Crippen LogP contribution in [0.15, 0.2) is 30.3 Å². The Hall–Kier alpha value is -1.52. The smallest absolute Gasteiger partial charge is 0.158 e. The second-order valence-electron chi connectivity index (χ2n) is 4.18. The Labute approximate surface area is 107 Å². The molecule has 1 rings (SSSR count). The van der Waals surface area contributed by atoms with Gasteiger partial charge in [0.25, 0.3) is 0 Å². The zero-order chi connectivity index (χ0) is 13.4. The molecule has 1 aromatic rings. The van der Waals surface area contributed by atoms with E-state index in [1.807, 2.05) is 30.3 Å². The van der Waals surface area contributed by atoms with Crippen molar-refractivity contribution in [3.8, 4) is 0 Å². The molecule has 0 saturated carbocycles. The molecule has 2 atom stereocenters. The lowest BCUT2D eigenvalue weighted by Gasteiger charge is -2.14. The van der Waals surface area contributed by atoms with E-state index >= 15 is 0 Å². The number of carbonyl (C=O) groups is 2. The van der Waals surface area contributed by atoms with Crippen molar-refractivity contribution in [3.05, 3.63) is 35.9 Å². The number of rotatable bonds is 8. The van der Waals surface area contributed by atoms with Gasteiger partial charge in [-0.1, -0.05) is 30.3 Å². The van der Waals surface area contributed by atoms with Crippen LogP contribution in [0.1, 0.15) is 18.9 Å². The van der Waals surface area contributed by atoms with Crippen LogP contribution in [0.3, 0.4) is 0 Å². The SMILES string of the molecule is CC(=O)C(O)[C@@H](C=O)CCOCc1ccccc1. The fraction of sp³-hybridized carbons (Fsp3) is 0.429. The van der Waals surface area contributed by atoms with Crippen molar-refractivity contribution in [1.82, 2.24) is 0 Å². The monoisotopic (exact) mass is 250 g/mol. The summed E-state index contributed by atoms with van der Waals surface area (Å²) in [6, 6.07) is 9.66. The van der Waals surface area contributed by atoms with Gasteiger partial charge in [-0.3, -0.25) is 4.79 Å². The number of Topliss-reactive ketones (excluding diaryl/α,β-unsaturated/α-hetero) is 1. The van der Waals surface area contributed by atoms with Gasteiger partial charge in [-0.25, -0.2) is 0 Å². The minimum atomic E-state index is -1.22. The third-order valence-electron chi connectivity index (χ3n) is 2.70. The molecule has 0 saturated heterocycles. The lowest BCUT2D eigenvalue weighted by Crippen LogP contribution is -2.29. The summed E-state index contributed by atoms with van der Waals surface area (Å²) in [6.07, 6.45) is -0.266. The first-order chi connectivity index (χ1) is 8.65. The van der Waals surface area contributed by atoms with E-state index in [2.05, 4.69) is 0 Å². The molecule has 98 valence electrons. The molecule has 0 aliphatic heterocycles. The molecule has 4 heteroatoms. The molecule has 0 radical (unpaired) electrons. The number of hydrogen-bond donors (Lipinski definition) is 1. The Morgan fingerprint density at radius 2 is 2.06 bits per heavy atom. The summed E-state index contributed by atoms with van der Waals surface area (Å²) in [5.41, 5.74) is 1.05. The fourth-order valence-electron chi connectivity index (χ4n) is 1.59. The largest absolute Gasteiger partial charge is 0.385 e. The third-order valence-corrected chi connectivity index (χ3v) is 2.70. The van der Waals surface area contributed by atoms with Gasteiger partial charge in [0, 0.05) is 12.5 Å². The van der Waals surface area contributed by atoms with E-state index in [4.69, 9.17) is 4.74 Å². The van der Waals surface area contributed by atoms with Crippen LogP contribution >= 0.6 is 0 Å². The summed E-state index contributed by atoms with van der Waals surface area (Å²) in [4.78, 5) is 21.7. The van der Waals surface area contributed by atoms with E-state index in [0.717, 1.165) is 5.56 Å². The van der Waals surface area contributed by atoms with Gasteiger partial charge >= 0.3 is 0 Å². The van der Waals surface area contributed by atoms with Crippen molar-refractivity contribution in [3.63, 3.8) is 0 Å². The number of carbonyl (C=O) groups excluding carboxylic acids is 2. The first-order valence-corrected chi connectivity index (χ1v) is 5.90. The summed E-state index contributed by atoms with van der Waals surface area (Å²) in [7, 11) is 0. The summed E-state index contributed by atoms with van der Waals surface area (Å²) in [6.45, 7) is 2.07. The molecule has 0 heterocycles. The number of aldehydes is 1. The minimum Gasteiger partial charge on any atom is -0.385 e. The van der Waals surface area contributed by atoms with Gasteiger partial charge in [-0.2, -0.15) is 0 Å². The lowest BCUT2D eigenvalue weighted by molar-refractivity contribution is -0.132. The van der Waals surface area contributed by atoms with Gasteiger partial charge in [-0.05, 0) is 18.9 Å². The first kappa shape index (κ1) is 14.5. The van der Waals surface area contributed by atoms with Crippen LogP contribution in [0, 0.1) is 5.92 Å². The lowest BCUT2D eigenvalue weighted by atomic mass is 9.98. The molecule has 18 heavy (non-hydrogen) atoms. The van der Waals surface area contributed by atoms with Gasteiger partial charge in [0.1, 0.15) is 12.4 Å². The average molecular weight is 250 g/mol. The maximum absolute atomic E-state index is 10.9. The molecule has 1 unspecified atom stereocenters. The van der Waals surface area contributed by atoms with E-state index in [1.165, 1.54) is 6.92 Å². The van der Waals surface area contributed by atoms with Crippen molar-refractivity contribution in [2.75, 3.05) is 6.61 Å². The quantitative estimate of drug-likeness (QED) is 0.559. The highest BCUT2D eigenvalue weighted by Crippen LogP contribution is 2.09. The normalized spacial score (nSPS) is 13.9. The van der Waals surface area contributed by atoms with Crippen LogP contribution < -0.4 is 0 Å². The topological polar surface area (TPSA) is 63.6 Å². The number of aliphatic hydroxyl groups is 1. The molecule has 0 fully saturated rings. The molecule has 0 spiro atoms. The molecule has 0 aliphatic rings. The zero-order valence-electron chi connectivity index (χ0n) is 10.4. The number of ketones is 1. The summed E-state index contributed by atoms with van der Waals surface area (Å²) < 4.78 is 5.40. The van der Waals surface area contributed by atoms with Crippen molar-refractivity contribution < 1.29 is 19.4 Å². The summed E-state index contributed by atoms with van der Waals surface area (Å²) >= 11 is 0. The van der Waals surface area contributed by atoms with E-state index in [9.17, 15) is 14.7 Å². The molecule has 0 aliphatic carbocycles. The Morgan fingerprint density at radius 1 is 1.39 bits per heavy atom. The first-order valence-electron chi connectivity index (χ1n) is 5.90. The number of benzene rings is 1. The zero-order valence-corrected chi connectivity index (χ0v) is 10.4. The van der Waals surface area contributed by atoms with E-state index < -0.39 is 17.8 Å². The van der Waals surface area contributed by atoms with E-state index in [0.29, 0.717) is 25.9 Å². The minimum absolute atomic E-state index is 0.336. The second kappa shape index (κ2) is 7.74. The Kier molecular flexibility index (Phi) is 6.25. The van der Waals surface area contributed by atoms with Gasteiger partial charge in [0.05, 0.1) is 6.61 Å². The van der Waals surface area contributed by atoms with E-state index in [1.54, 1.807) is 0 Å². The molecule has 4 nitrogen and oxygen atoms in total. The maximum atomic E-state index is 10.9. The van der Waals surface area contributed by atoms with Crippen LogP contribution in [-0.2, 0) is 20.9 Å². The van der Waals surface area contributed by atoms with Crippen molar-refractivity contribution in [1.29, 1.82) is 0 Å². The van der Waals surface area contributed by atoms with Crippen molar-refractivity contribution in [2.45, 2.75) is 26.1 Å². The molecule has 0 amide bonds. The molecular formula is C14H18O4. The highest BCUT2D eigenvalue weighted by Gasteiger charge is 2.22. The standard InChI is InChI=1S/C14H18O4/c1-11(16)14(17)13(9-15)7-8-18-10-12-5-3-2-4-6-12/h2-6,9,13-14,17H,7-8,10H2,1H3/t13-,14?/m1/s1. The Balaban J connectivity index is 2.28. The molecule has 0 aromatic heterocycles. The average Bonchev–Trinajstić information content (AvgIpc) is 2.39. The van der Waals surface area contributed by atoms with E-state index in [-0.39, 0.29) is 0 Å². The predicted molar refractivity (Wildman–Crippen MR) is 67.0 cm³/mol. The predicted octanol–water partition coefficient (Wildman–Crippen LogP) is 1.36. The van der Waals surface area contributed by atoms with Gasteiger partial charge in [-0.15, -0.1) is 0 Å². The second-order valence-corrected chi connectivity index (χ2v) is 4.18. The maximum Gasteiger partial charge on any atom is 0.158 e. The number of hydrogen-bond acceptors (Lipinski definition) is 4. The molecular weight excluding hydrogens is 232 g/mol. The van der Waals surface area contributed by atoms with Crippen LogP contribution in [-0.4, -0.2) is 29.9 Å². The molecule has 1 N–H and O–H groups in total. The van der Waals surface area contributed by atoms with Crippen molar-refractivity contribution >= 4 is 12.1 Å². The Bertz CT molecular complexity index is 375. The van der Waals surface area contributed by atoms with Crippen LogP contribution in [0.4, 0.5) is 0 Å². The summed E-state index contributed by atoms with van der Waals surface area (Å²) in [5.74, 6) is -1.08. The van der Waals surface area contributed by atoms with Crippen molar-refractivity contribution in [2.24, 2.45) is 5.92 Å². The van der Waals surface area contributed by atoms with Crippen LogP contribution in [0.2, 0.25) is 0 Å². The van der Waals surface area contributed by atoms with Crippen LogP contribution in [0.25, 0.3) is 0 Å². The third kappa shape index (κ3) is 4.77. The number of ether oxygens (including phenoxy) is 1. The highest BCUT2D eigenvalue weighted by atomic mass is 16.5. The molecule has 0 bridgehead atoms. The number of aliphatic hydroxyl groups excluding tert-OH is 1. The Morgan fingerprint density at radius 3 is 2.61 bits per heavy atom.